The SMILES string of the molecule is C[n+]1cc(F)c(C=O)c(F)c1.F[B-](F)(F)F. The molecule has 0 spiro atoms. The first kappa shape index (κ1) is 14.5. The summed E-state index contributed by atoms with van der Waals surface area (Å²) in [7, 11) is -4.53. The van der Waals surface area contributed by atoms with Gasteiger partial charge in [0.1, 0.15) is 7.05 Å². The minimum atomic E-state index is -6.00. The minimum Gasteiger partial charge on any atom is -0.418 e. The number of carbonyl (C=O) groups excluding carboxylic acids is 1. The number of aromatic nitrogens is 1. The smallest absolute Gasteiger partial charge is 0.418 e. The molecule has 0 atom stereocenters. The predicted molar refractivity (Wildman–Crippen MR) is 43.1 cm³/mol. The summed E-state index contributed by atoms with van der Waals surface area (Å²) in [6.45, 7) is 0. The number of nitrogens with zero attached hydrogens (tertiary/aromatic N) is 1. The second-order valence-corrected chi connectivity index (χ2v) is 2.65. The number of aryl methyl sites for hydroxylation is 1. The molecule has 1 heterocycles. The quantitative estimate of drug-likeness (QED) is 0.320. The van der Waals surface area contributed by atoms with Crippen molar-refractivity contribution in [2.45, 2.75) is 0 Å². The zero-order valence-electron chi connectivity index (χ0n) is 7.93. The maximum absolute atomic E-state index is 12.6. The molecular weight excluding hydrogens is 239 g/mol. The molecule has 0 amide bonds. The highest BCUT2D eigenvalue weighted by Crippen LogP contribution is 2.06. The van der Waals surface area contributed by atoms with Crippen LogP contribution < -0.4 is 4.57 Å². The molecular formula is C7H6BF6NO. The van der Waals surface area contributed by atoms with Gasteiger partial charge in [0, 0.05) is 0 Å². The second kappa shape index (κ2) is 5.52. The van der Waals surface area contributed by atoms with Crippen LogP contribution in [0.4, 0.5) is 26.0 Å². The Balaban J connectivity index is 0.000000385. The molecule has 0 fully saturated rings. The lowest BCUT2D eigenvalue weighted by Crippen LogP contribution is -2.29. The van der Waals surface area contributed by atoms with Crippen LogP contribution >= 0.6 is 0 Å². The van der Waals surface area contributed by atoms with Crippen molar-refractivity contribution in [3.63, 3.8) is 0 Å². The molecule has 16 heavy (non-hydrogen) atoms. The van der Waals surface area contributed by atoms with E-state index in [1.165, 1.54) is 11.6 Å². The normalized spacial score (nSPS) is 10.4. The molecule has 0 saturated heterocycles. The summed E-state index contributed by atoms with van der Waals surface area (Å²) in [5, 5.41) is 0. The van der Waals surface area contributed by atoms with E-state index in [-0.39, 0.29) is 6.29 Å². The topological polar surface area (TPSA) is 20.9 Å². The Morgan fingerprint density at radius 2 is 1.44 bits per heavy atom. The lowest BCUT2D eigenvalue weighted by atomic mass is 10.3. The average molecular weight is 245 g/mol. The van der Waals surface area contributed by atoms with Crippen molar-refractivity contribution < 1.29 is 35.4 Å². The Hall–Kier alpha value is -1.54. The maximum atomic E-state index is 12.6. The van der Waals surface area contributed by atoms with Crippen LogP contribution in [0.5, 0.6) is 0 Å². The molecule has 0 bridgehead atoms. The number of rotatable bonds is 1. The number of pyridine rings is 1. The summed E-state index contributed by atoms with van der Waals surface area (Å²) in [4.78, 5) is 10.1. The second-order valence-electron chi connectivity index (χ2n) is 2.65. The molecule has 1 aromatic rings. The van der Waals surface area contributed by atoms with E-state index in [2.05, 4.69) is 0 Å². The van der Waals surface area contributed by atoms with Gasteiger partial charge in [-0.3, -0.25) is 4.79 Å². The molecule has 0 N–H and O–H groups in total. The third kappa shape index (κ3) is 6.04. The van der Waals surface area contributed by atoms with Crippen LogP contribution in [-0.4, -0.2) is 13.5 Å². The number of hydrogen-bond acceptors (Lipinski definition) is 1. The van der Waals surface area contributed by atoms with Gasteiger partial charge in [-0.15, -0.1) is 0 Å². The molecule has 0 saturated carbocycles. The van der Waals surface area contributed by atoms with E-state index in [9.17, 15) is 30.8 Å². The molecule has 0 aliphatic carbocycles. The number of hydrogen-bond donors (Lipinski definition) is 0. The fourth-order valence-electron chi connectivity index (χ4n) is 0.761. The van der Waals surface area contributed by atoms with Crippen LogP contribution in [0.25, 0.3) is 0 Å². The Kier molecular flexibility index (Phi) is 4.99. The number of aldehydes is 1. The molecule has 0 aliphatic heterocycles. The molecule has 0 aromatic carbocycles. The fourth-order valence-corrected chi connectivity index (χ4v) is 0.761. The van der Waals surface area contributed by atoms with Crippen molar-refractivity contribution in [3.8, 4) is 0 Å². The third-order valence-corrected chi connectivity index (χ3v) is 1.27. The summed E-state index contributed by atoms with van der Waals surface area (Å²) in [6, 6.07) is 0. The average Bonchev–Trinajstić information content (AvgIpc) is 1.99. The summed E-state index contributed by atoms with van der Waals surface area (Å²) in [6.07, 6.45) is 2.23. The highest BCUT2D eigenvalue weighted by molar-refractivity contribution is 6.50. The Morgan fingerprint density at radius 3 is 1.69 bits per heavy atom. The molecule has 0 aliphatic rings. The van der Waals surface area contributed by atoms with E-state index in [4.69, 9.17) is 0 Å². The van der Waals surface area contributed by atoms with Gasteiger partial charge in [0.2, 0.25) is 12.4 Å². The van der Waals surface area contributed by atoms with E-state index in [1.807, 2.05) is 0 Å². The first-order valence-corrected chi connectivity index (χ1v) is 3.82. The van der Waals surface area contributed by atoms with Crippen LogP contribution in [-0.2, 0) is 7.05 Å². The lowest BCUT2D eigenvalue weighted by molar-refractivity contribution is -0.674. The summed E-state index contributed by atoms with van der Waals surface area (Å²) >= 11 is 0. The Labute approximate surface area is 86.6 Å². The van der Waals surface area contributed by atoms with E-state index in [0.29, 0.717) is 0 Å². The van der Waals surface area contributed by atoms with E-state index in [1.54, 1.807) is 0 Å². The van der Waals surface area contributed by atoms with Gasteiger partial charge in [-0.25, -0.2) is 4.57 Å². The van der Waals surface area contributed by atoms with Gasteiger partial charge >= 0.3 is 7.25 Å². The van der Waals surface area contributed by atoms with Crippen molar-refractivity contribution >= 4 is 13.5 Å². The van der Waals surface area contributed by atoms with E-state index < -0.39 is 24.5 Å². The highest BCUT2D eigenvalue weighted by atomic mass is 19.5. The molecule has 2 nitrogen and oxygen atoms in total. The van der Waals surface area contributed by atoms with Crippen molar-refractivity contribution in [1.29, 1.82) is 0 Å². The van der Waals surface area contributed by atoms with Gasteiger partial charge < -0.3 is 17.3 Å². The van der Waals surface area contributed by atoms with Crippen LogP contribution in [0.2, 0.25) is 0 Å². The standard InChI is InChI=1S/C7H6F2NO.BF4/c1-10-2-6(8)5(4-11)7(9)3-10;2-1(3,4)5/h2-4H,1H3;/q+1;-1. The van der Waals surface area contributed by atoms with E-state index in [0.717, 1.165) is 12.4 Å². The fraction of sp³-hybridized carbons (Fsp3) is 0.143. The van der Waals surface area contributed by atoms with Crippen molar-refractivity contribution in [1.82, 2.24) is 0 Å². The molecule has 1 rings (SSSR count). The summed E-state index contributed by atoms with van der Waals surface area (Å²) in [5.74, 6) is -1.69. The first-order valence-electron chi connectivity index (χ1n) is 3.82. The van der Waals surface area contributed by atoms with Gasteiger partial charge in [0.25, 0.3) is 0 Å². The lowest BCUT2D eigenvalue weighted by Gasteiger charge is -1.94. The highest BCUT2D eigenvalue weighted by Gasteiger charge is 2.20. The molecule has 1 aromatic heterocycles. The molecule has 9 heteroatoms. The number of halogens is 6. The van der Waals surface area contributed by atoms with Crippen LogP contribution in [0.1, 0.15) is 10.4 Å². The number of carbonyl (C=O) groups is 1. The Morgan fingerprint density at radius 1 is 1.12 bits per heavy atom. The zero-order valence-corrected chi connectivity index (χ0v) is 7.93. The van der Waals surface area contributed by atoms with Crippen LogP contribution in [0, 0.1) is 11.6 Å². The third-order valence-electron chi connectivity index (χ3n) is 1.27. The van der Waals surface area contributed by atoms with Crippen LogP contribution in [0.15, 0.2) is 12.4 Å². The van der Waals surface area contributed by atoms with Crippen molar-refractivity contribution in [2.24, 2.45) is 7.05 Å². The minimum absolute atomic E-state index is 0.157. The van der Waals surface area contributed by atoms with Gasteiger partial charge in [-0.1, -0.05) is 0 Å². The van der Waals surface area contributed by atoms with Gasteiger partial charge in [0.05, 0.1) is 5.56 Å². The Bertz CT molecular complexity index is 351. The predicted octanol–water partition coefficient (Wildman–Crippen LogP) is 1.90. The zero-order chi connectivity index (χ0) is 12.9. The molecule has 0 radical (unpaired) electrons. The van der Waals surface area contributed by atoms with E-state index >= 15 is 0 Å². The monoisotopic (exact) mass is 245 g/mol. The molecule has 0 unspecified atom stereocenters. The van der Waals surface area contributed by atoms with Crippen molar-refractivity contribution in [2.75, 3.05) is 0 Å². The van der Waals surface area contributed by atoms with Gasteiger partial charge in [-0.2, -0.15) is 8.78 Å². The van der Waals surface area contributed by atoms with Crippen molar-refractivity contribution in [3.05, 3.63) is 29.6 Å². The first-order chi connectivity index (χ1) is 7.15. The van der Waals surface area contributed by atoms with Crippen LogP contribution in [0.3, 0.4) is 0 Å². The summed E-state index contributed by atoms with van der Waals surface area (Å²) in [5.41, 5.74) is -0.525. The maximum Gasteiger partial charge on any atom is 0.673 e. The van der Waals surface area contributed by atoms with Gasteiger partial charge in [0.15, 0.2) is 17.9 Å². The largest absolute Gasteiger partial charge is 0.673 e. The summed E-state index contributed by atoms with van der Waals surface area (Å²) < 4.78 is 65.4. The van der Waals surface area contributed by atoms with Gasteiger partial charge in [-0.05, 0) is 0 Å². The molecule has 90 valence electrons.